The minimum absolute atomic E-state index is 0.137. The molecule has 0 atom stereocenters. The van der Waals surface area contributed by atoms with E-state index in [2.05, 4.69) is 10.3 Å². The van der Waals surface area contributed by atoms with Gasteiger partial charge in [-0.15, -0.1) is 0 Å². The number of halogens is 2. The smallest absolute Gasteiger partial charge is 0.323 e. The third-order valence-corrected chi connectivity index (χ3v) is 6.43. The molecule has 0 bridgehead atoms. The number of nitrogens with zero attached hydrogens (tertiary/aromatic N) is 3. The number of ketones is 1. The standard InChI is InChI=1S/C23H26F2N4O3/c1-13-9-14(2)26-19(10-13)29-15(3)11-17(16(29)4)18(30)12-28-20(31)22(27-21(28)32)5-7-23(24,25)8-6-22/h9-11H,5-8,12H2,1-4H3,(H,27,32). The van der Waals surface area contributed by atoms with Crippen LogP contribution in [0.3, 0.4) is 0 Å². The first-order valence-electron chi connectivity index (χ1n) is 10.6. The molecule has 3 amide bonds. The summed E-state index contributed by atoms with van der Waals surface area (Å²) in [6.07, 6.45) is -1.21. The van der Waals surface area contributed by atoms with Crippen molar-refractivity contribution in [3.63, 3.8) is 0 Å². The van der Waals surface area contributed by atoms with Gasteiger partial charge in [0.1, 0.15) is 11.4 Å². The molecule has 1 saturated carbocycles. The topological polar surface area (TPSA) is 84.3 Å². The third kappa shape index (κ3) is 3.69. The Morgan fingerprint density at radius 2 is 1.72 bits per heavy atom. The fraction of sp³-hybridized carbons (Fsp3) is 0.478. The molecule has 1 spiro atoms. The van der Waals surface area contributed by atoms with Gasteiger partial charge in [0, 0.05) is 35.5 Å². The van der Waals surface area contributed by atoms with E-state index in [0.717, 1.165) is 21.9 Å². The zero-order valence-electron chi connectivity index (χ0n) is 18.6. The number of alkyl halides is 2. The molecule has 2 fully saturated rings. The van der Waals surface area contributed by atoms with Gasteiger partial charge in [-0.05, 0) is 64.3 Å². The number of carbonyl (C=O) groups is 3. The molecular formula is C23H26F2N4O3. The van der Waals surface area contributed by atoms with E-state index in [0.29, 0.717) is 17.1 Å². The lowest BCUT2D eigenvalue weighted by molar-refractivity contribution is -0.135. The lowest BCUT2D eigenvalue weighted by Crippen LogP contribution is -2.51. The molecule has 3 heterocycles. The highest BCUT2D eigenvalue weighted by molar-refractivity contribution is 6.11. The first-order valence-corrected chi connectivity index (χ1v) is 10.6. The molecule has 0 aromatic carbocycles. The van der Waals surface area contributed by atoms with Crippen molar-refractivity contribution in [2.24, 2.45) is 0 Å². The van der Waals surface area contributed by atoms with Crippen LogP contribution in [0, 0.1) is 27.7 Å². The Bertz CT molecular complexity index is 1110. The zero-order chi connectivity index (χ0) is 23.4. The Labute approximate surface area is 184 Å². The fourth-order valence-corrected chi connectivity index (χ4v) is 4.76. The second kappa shape index (κ2) is 7.50. The molecule has 0 radical (unpaired) electrons. The van der Waals surface area contributed by atoms with Crippen LogP contribution >= 0.6 is 0 Å². The Balaban J connectivity index is 1.57. The van der Waals surface area contributed by atoms with Crippen molar-refractivity contribution >= 4 is 17.7 Å². The Hall–Kier alpha value is -3.10. The van der Waals surface area contributed by atoms with Crippen molar-refractivity contribution in [3.8, 4) is 5.82 Å². The summed E-state index contributed by atoms with van der Waals surface area (Å²) >= 11 is 0. The first-order chi connectivity index (χ1) is 14.9. The van der Waals surface area contributed by atoms with Gasteiger partial charge in [-0.25, -0.2) is 18.6 Å². The van der Waals surface area contributed by atoms with Gasteiger partial charge in [-0.1, -0.05) is 0 Å². The Morgan fingerprint density at radius 3 is 2.34 bits per heavy atom. The molecule has 2 aromatic heterocycles. The van der Waals surface area contributed by atoms with Crippen LogP contribution in [0.25, 0.3) is 5.82 Å². The average molecular weight is 444 g/mol. The summed E-state index contributed by atoms with van der Waals surface area (Å²) < 4.78 is 29.0. The third-order valence-electron chi connectivity index (χ3n) is 6.43. The van der Waals surface area contributed by atoms with Crippen LogP contribution in [-0.2, 0) is 4.79 Å². The predicted molar refractivity (Wildman–Crippen MR) is 113 cm³/mol. The highest BCUT2D eigenvalue weighted by atomic mass is 19.3. The molecule has 1 aliphatic carbocycles. The summed E-state index contributed by atoms with van der Waals surface area (Å²) in [6, 6.07) is 4.88. The Kier molecular flexibility index (Phi) is 5.18. The van der Waals surface area contributed by atoms with E-state index in [-0.39, 0.29) is 12.8 Å². The van der Waals surface area contributed by atoms with Gasteiger partial charge in [0.05, 0.1) is 6.54 Å². The van der Waals surface area contributed by atoms with Crippen LogP contribution in [0.15, 0.2) is 18.2 Å². The molecule has 1 saturated heterocycles. The largest absolute Gasteiger partial charge is 0.325 e. The molecule has 2 aliphatic rings. The number of carbonyl (C=O) groups excluding carboxylic acids is 3. The fourth-order valence-electron chi connectivity index (χ4n) is 4.76. The summed E-state index contributed by atoms with van der Waals surface area (Å²) in [5.41, 5.74) is 2.40. The summed E-state index contributed by atoms with van der Waals surface area (Å²) in [5.74, 6) is -3.14. The van der Waals surface area contributed by atoms with Gasteiger partial charge < -0.3 is 9.88 Å². The summed E-state index contributed by atoms with van der Waals surface area (Å²) in [6.45, 7) is 7.07. The number of urea groups is 1. The average Bonchev–Trinajstić information content (AvgIpc) is 3.11. The van der Waals surface area contributed by atoms with Crippen molar-refractivity contribution in [1.82, 2.24) is 19.8 Å². The number of Topliss-reactive ketones (excluding diaryl/α,β-unsaturated/α-hetero) is 1. The molecule has 7 nitrogen and oxygen atoms in total. The second-order valence-electron chi connectivity index (χ2n) is 8.95. The molecule has 32 heavy (non-hydrogen) atoms. The normalized spacial score (nSPS) is 19.5. The molecule has 170 valence electrons. The molecule has 9 heteroatoms. The lowest BCUT2D eigenvalue weighted by Gasteiger charge is -2.34. The molecule has 4 rings (SSSR count). The highest BCUT2D eigenvalue weighted by Crippen LogP contribution is 2.41. The van der Waals surface area contributed by atoms with Gasteiger partial charge in [0.15, 0.2) is 5.78 Å². The number of nitrogens with one attached hydrogen (secondary N) is 1. The van der Waals surface area contributed by atoms with Crippen LogP contribution in [-0.4, -0.2) is 50.2 Å². The minimum Gasteiger partial charge on any atom is -0.323 e. The van der Waals surface area contributed by atoms with Crippen LogP contribution in [0.4, 0.5) is 13.6 Å². The van der Waals surface area contributed by atoms with Crippen molar-refractivity contribution < 1.29 is 23.2 Å². The maximum Gasteiger partial charge on any atom is 0.325 e. The minimum atomic E-state index is -2.83. The van der Waals surface area contributed by atoms with E-state index in [1.165, 1.54) is 0 Å². The van der Waals surface area contributed by atoms with Crippen molar-refractivity contribution in [3.05, 3.63) is 46.4 Å². The zero-order valence-corrected chi connectivity index (χ0v) is 18.6. The number of imide groups is 1. The Morgan fingerprint density at radius 1 is 1.06 bits per heavy atom. The predicted octanol–water partition coefficient (Wildman–Crippen LogP) is 3.79. The molecule has 0 unspecified atom stereocenters. The van der Waals surface area contributed by atoms with Gasteiger partial charge in [-0.3, -0.25) is 14.5 Å². The second-order valence-corrected chi connectivity index (χ2v) is 8.95. The number of aryl methyl sites for hydroxylation is 3. The van der Waals surface area contributed by atoms with Crippen LogP contribution in [0.2, 0.25) is 0 Å². The summed E-state index contributed by atoms with van der Waals surface area (Å²) in [4.78, 5) is 43.9. The SMILES string of the molecule is Cc1cc(C)nc(-n2c(C)cc(C(=O)CN3C(=O)NC4(CCC(F)(F)CC4)C3=O)c2C)c1. The van der Waals surface area contributed by atoms with Gasteiger partial charge in [0.25, 0.3) is 5.91 Å². The van der Waals surface area contributed by atoms with Crippen LogP contribution in [0.5, 0.6) is 0 Å². The van der Waals surface area contributed by atoms with E-state index in [1.54, 1.807) is 13.0 Å². The maximum absolute atomic E-state index is 13.6. The number of aromatic nitrogens is 2. The maximum atomic E-state index is 13.6. The first kappa shape index (κ1) is 22.1. The molecule has 1 aliphatic heterocycles. The van der Waals surface area contributed by atoms with E-state index >= 15 is 0 Å². The highest BCUT2D eigenvalue weighted by Gasteiger charge is 2.55. The molecule has 1 N–H and O–H groups in total. The van der Waals surface area contributed by atoms with E-state index < -0.39 is 48.6 Å². The van der Waals surface area contributed by atoms with Gasteiger partial charge >= 0.3 is 6.03 Å². The van der Waals surface area contributed by atoms with Gasteiger partial charge in [0.2, 0.25) is 5.92 Å². The van der Waals surface area contributed by atoms with Crippen molar-refractivity contribution in [2.75, 3.05) is 6.54 Å². The quantitative estimate of drug-likeness (QED) is 0.575. The van der Waals surface area contributed by atoms with Crippen LogP contribution < -0.4 is 5.32 Å². The number of hydrogen-bond donors (Lipinski definition) is 1. The van der Waals surface area contributed by atoms with Crippen molar-refractivity contribution in [2.45, 2.75) is 64.8 Å². The van der Waals surface area contributed by atoms with E-state index in [4.69, 9.17) is 0 Å². The van der Waals surface area contributed by atoms with Crippen LogP contribution in [0.1, 0.15) is 58.7 Å². The van der Waals surface area contributed by atoms with Gasteiger partial charge in [-0.2, -0.15) is 0 Å². The monoisotopic (exact) mass is 444 g/mol. The number of amides is 3. The lowest BCUT2D eigenvalue weighted by atomic mass is 9.80. The number of rotatable bonds is 4. The molecular weight excluding hydrogens is 418 g/mol. The van der Waals surface area contributed by atoms with Crippen molar-refractivity contribution in [1.29, 1.82) is 0 Å². The number of hydrogen-bond acceptors (Lipinski definition) is 4. The molecule has 2 aromatic rings. The number of pyridine rings is 1. The van der Waals surface area contributed by atoms with E-state index in [9.17, 15) is 23.2 Å². The van der Waals surface area contributed by atoms with E-state index in [1.807, 2.05) is 37.5 Å². The summed E-state index contributed by atoms with van der Waals surface area (Å²) in [5, 5.41) is 2.57. The summed E-state index contributed by atoms with van der Waals surface area (Å²) in [7, 11) is 0.